The number of aliphatic hydroxyl groups excluding tert-OH is 1. The molecule has 0 amide bonds. The van der Waals surface area contributed by atoms with Gasteiger partial charge in [0.2, 0.25) is 0 Å². The molecule has 0 aliphatic carbocycles. The van der Waals surface area contributed by atoms with E-state index in [9.17, 15) is 0 Å². The van der Waals surface area contributed by atoms with Crippen LogP contribution < -0.4 is 5.73 Å². The Kier molecular flexibility index (Phi) is 2.88. The molecule has 11 heavy (non-hydrogen) atoms. The number of hydrogen-bond acceptors (Lipinski definition) is 2. The molecule has 0 unspecified atom stereocenters. The molecule has 2 nitrogen and oxygen atoms in total. The highest BCUT2D eigenvalue weighted by molar-refractivity contribution is 6.30. The molecular weight excluding hydrogens is 162 g/mol. The van der Waals surface area contributed by atoms with Gasteiger partial charge in [0, 0.05) is 5.02 Å². The molecule has 0 saturated heterocycles. The first-order chi connectivity index (χ1) is 5.24. The molecule has 0 spiro atoms. The van der Waals surface area contributed by atoms with Crippen molar-refractivity contribution in [2.24, 2.45) is 5.73 Å². The van der Waals surface area contributed by atoms with Gasteiger partial charge in [-0.1, -0.05) is 23.7 Å². The highest BCUT2D eigenvalue weighted by Gasteiger charge is 2.02. The standard InChI is InChI=1S/C8H10ClNO/c9-7-3-1-2-6(4-7)8(10)5-11/h1-4,8,11H,5,10H2/t8-/m0/s1. The minimum absolute atomic E-state index is 0.0552. The fraction of sp³-hybridized carbons (Fsp3) is 0.250. The molecular formula is C8H10ClNO. The third-order valence-corrected chi connectivity index (χ3v) is 1.71. The van der Waals surface area contributed by atoms with E-state index in [2.05, 4.69) is 0 Å². The third-order valence-electron chi connectivity index (χ3n) is 1.47. The lowest BCUT2D eigenvalue weighted by molar-refractivity contribution is 0.268. The highest BCUT2D eigenvalue weighted by Crippen LogP contribution is 2.15. The largest absolute Gasteiger partial charge is 0.394 e. The predicted octanol–water partition coefficient (Wildman–Crippen LogP) is 1.33. The maximum Gasteiger partial charge on any atom is 0.0624 e. The van der Waals surface area contributed by atoms with Crippen LogP contribution in [0.5, 0.6) is 0 Å². The summed E-state index contributed by atoms with van der Waals surface area (Å²) in [6.07, 6.45) is 0. The molecule has 0 aliphatic heterocycles. The van der Waals surface area contributed by atoms with E-state index >= 15 is 0 Å². The number of benzene rings is 1. The Morgan fingerprint density at radius 3 is 2.82 bits per heavy atom. The molecule has 1 atom stereocenters. The van der Waals surface area contributed by atoms with E-state index in [1.165, 1.54) is 0 Å². The second-order valence-electron chi connectivity index (χ2n) is 2.34. The molecule has 3 N–H and O–H groups in total. The van der Waals surface area contributed by atoms with Crippen LogP contribution >= 0.6 is 11.6 Å². The van der Waals surface area contributed by atoms with Crippen molar-refractivity contribution in [1.29, 1.82) is 0 Å². The Bertz CT molecular complexity index is 239. The van der Waals surface area contributed by atoms with Crippen LogP contribution in [0.3, 0.4) is 0 Å². The van der Waals surface area contributed by atoms with Gasteiger partial charge in [-0.05, 0) is 17.7 Å². The molecule has 3 heteroatoms. The van der Waals surface area contributed by atoms with E-state index < -0.39 is 0 Å². The fourth-order valence-corrected chi connectivity index (χ4v) is 1.04. The molecule has 1 aromatic carbocycles. The monoisotopic (exact) mass is 171 g/mol. The summed E-state index contributed by atoms with van der Waals surface area (Å²) in [5.74, 6) is 0. The number of aliphatic hydroxyl groups is 1. The van der Waals surface area contributed by atoms with Gasteiger partial charge in [0.25, 0.3) is 0 Å². The van der Waals surface area contributed by atoms with Crippen molar-refractivity contribution in [3.05, 3.63) is 34.9 Å². The van der Waals surface area contributed by atoms with Crippen LogP contribution in [0.15, 0.2) is 24.3 Å². The van der Waals surface area contributed by atoms with Gasteiger partial charge in [0.15, 0.2) is 0 Å². The molecule has 1 aromatic rings. The summed E-state index contributed by atoms with van der Waals surface area (Å²) in [6, 6.07) is 6.85. The number of hydrogen-bond donors (Lipinski definition) is 2. The quantitative estimate of drug-likeness (QED) is 0.706. The second kappa shape index (κ2) is 3.72. The first kappa shape index (κ1) is 8.53. The number of rotatable bonds is 2. The van der Waals surface area contributed by atoms with Gasteiger partial charge < -0.3 is 10.8 Å². The summed E-state index contributed by atoms with van der Waals surface area (Å²) in [5, 5.41) is 9.36. The Labute approximate surface area is 70.6 Å². The van der Waals surface area contributed by atoms with Crippen LogP contribution in [0, 0.1) is 0 Å². The third kappa shape index (κ3) is 2.19. The zero-order valence-corrected chi connectivity index (χ0v) is 6.75. The van der Waals surface area contributed by atoms with Gasteiger partial charge >= 0.3 is 0 Å². The lowest BCUT2D eigenvalue weighted by atomic mass is 10.1. The van der Waals surface area contributed by atoms with Crippen LogP contribution in [-0.2, 0) is 0 Å². The summed E-state index contributed by atoms with van der Waals surface area (Å²) in [4.78, 5) is 0. The molecule has 0 fully saturated rings. The van der Waals surface area contributed by atoms with Gasteiger partial charge in [-0.25, -0.2) is 0 Å². The average Bonchev–Trinajstić information content (AvgIpc) is 2.03. The summed E-state index contributed by atoms with van der Waals surface area (Å²) < 4.78 is 0. The van der Waals surface area contributed by atoms with Gasteiger partial charge in [0.1, 0.15) is 0 Å². The Morgan fingerprint density at radius 1 is 1.55 bits per heavy atom. The maximum atomic E-state index is 8.71. The first-order valence-corrected chi connectivity index (χ1v) is 3.73. The Balaban J connectivity index is 2.86. The van der Waals surface area contributed by atoms with Gasteiger partial charge in [-0.15, -0.1) is 0 Å². The van der Waals surface area contributed by atoms with Crippen LogP contribution in [0.2, 0.25) is 5.02 Å². The van der Waals surface area contributed by atoms with Crippen molar-refractivity contribution in [1.82, 2.24) is 0 Å². The SMILES string of the molecule is N[C@@H](CO)c1cccc(Cl)c1. The van der Waals surface area contributed by atoms with Crippen molar-refractivity contribution in [3.8, 4) is 0 Å². The molecule has 1 rings (SSSR count). The average molecular weight is 172 g/mol. The minimum atomic E-state index is -0.325. The topological polar surface area (TPSA) is 46.2 Å². The molecule has 0 aliphatic rings. The zero-order valence-electron chi connectivity index (χ0n) is 6.00. The lowest BCUT2D eigenvalue weighted by Crippen LogP contribution is -2.14. The van der Waals surface area contributed by atoms with Gasteiger partial charge in [-0.3, -0.25) is 0 Å². The second-order valence-corrected chi connectivity index (χ2v) is 2.78. The number of halogens is 1. The van der Waals surface area contributed by atoms with Gasteiger partial charge in [-0.2, -0.15) is 0 Å². The van der Waals surface area contributed by atoms with E-state index in [-0.39, 0.29) is 12.6 Å². The van der Waals surface area contributed by atoms with Crippen LogP contribution in [0.4, 0.5) is 0 Å². The minimum Gasteiger partial charge on any atom is -0.394 e. The molecule has 0 saturated carbocycles. The summed E-state index contributed by atoms with van der Waals surface area (Å²) in [6.45, 7) is -0.0552. The van der Waals surface area contributed by atoms with Crippen LogP contribution in [0.25, 0.3) is 0 Å². The lowest BCUT2D eigenvalue weighted by Gasteiger charge is -2.07. The zero-order chi connectivity index (χ0) is 8.27. The van der Waals surface area contributed by atoms with E-state index in [0.29, 0.717) is 5.02 Å². The van der Waals surface area contributed by atoms with E-state index in [0.717, 1.165) is 5.56 Å². The molecule has 0 heterocycles. The van der Waals surface area contributed by atoms with E-state index in [4.69, 9.17) is 22.4 Å². The van der Waals surface area contributed by atoms with E-state index in [1.54, 1.807) is 12.1 Å². The van der Waals surface area contributed by atoms with Gasteiger partial charge in [0.05, 0.1) is 12.6 Å². The predicted molar refractivity (Wildman–Crippen MR) is 45.5 cm³/mol. The summed E-state index contributed by atoms with van der Waals surface area (Å²) >= 11 is 5.71. The Hall–Kier alpha value is -0.570. The molecule has 0 bridgehead atoms. The maximum absolute atomic E-state index is 8.71. The van der Waals surface area contributed by atoms with E-state index in [1.807, 2.05) is 12.1 Å². The van der Waals surface area contributed by atoms with Crippen LogP contribution in [-0.4, -0.2) is 11.7 Å². The summed E-state index contributed by atoms with van der Waals surface area (Å²) in [7, 11) is 0. The first-order valence-electron chi connectivity index (χ1n) is 3.36. The molecule has 0 radical (unpaired) electrons. The molecule has 0 aromatic heterocycles. The van der Waals surface area contributed by atoms with Crippen molar-refractivity contribution >= 4 is 11.6 Å². The summed E-state index contributed by atoms with van der Waals surface area (Å²) in [5.41, 5.74) is 6.42. The Morgan fingerprint density at radius 2 is 2.27 bits per heavy atom. The van der Waals surface area contributed by atoms with Crippen molar-refractivity contribution in [2.75, 3.05) is 6.61 Å². The van der Waals surface area contributed by atoms with Crippen molar-refractivity contribution in [3.63, 3.8) is 0 Å². The van der Waals surface area contributed by atoms with Crippen molar-refractivity contribution in [2.45, 2.75) is 6.04 Å². The van der Waals surface area contributed by atoms with Crippen molar-refractivity contribution < 1.29 is 5.11 Å². The highest BCUT2D eigenvalue weighted by atomic mass is 35.5. The smallest absolute Gasteiger partial charge is 0.0624 e. The normalized spacial score (nSPS) is 13.0. The fourth-order valence-electron chi connectivity index (χ4n) is 0.843. The number of nitrogens with two attached hydrogens (primary N) is 1. The van der Waals surface area contributed by atoms with Crippen LogP contribution in [0.1, 0.15) is 11.6 Å². The molecule has 60 valence electrons.